The van der Waals surface area contributed by atoms with E-state index in [1.54, 1.807) is 7.11 Å². The van der Waals surface area contributed by atoms with E-state index >= 15 is 0 Å². The lowest BCUT2D eigenvalue weighted by molar-refractivity contribution is 0.415. The van der Waals surface area contributed by atoms with Gasteiger partial charge in [0.1, 0.15) is 17.6 Å². The fourth-order valence-electron chi connectivity index (χ4n) is 3.66. The molecule has 0 N–H and O–H groups in total. The monoisotopic (exact) mass is 370 g/mol. The van der Waals surface area contributed by atoms with Crippen LogP contribution in [0, 0.1) is 18.3 Å². The Hall–Kier alpha value is -3.39. The molecule has 0 spiro atoms. The standard InChI is InChI=1S/C23H22N4O/c1-16-8-9-17-6-4-10-27(15-19(17)11-16)23-13-21(25-22(14-24)26-23)18-5-3-7-20(12-18)28-2/h3,5,7-9,11-13H,4,6,10,15H2,1-2H3. The van der Waals surface area contributed by atoms with Crippen molar-refractivity contribution in [2.75, 3.05) is 18.6 Å². The summed E-state index contributed by atoms with van der Waals surface area (Å²) in [6, 6.07) is 18.4. The lowest BCUT2D eigenvalue weighted by Crippen LogP contribution is -2.24. The van der Waals surface area contributed by atoms with Crippen LogP contribution in [-0.4, -0.2) is 23.6 Å². The van der Waals surface area contributed by atoms with Crippen LogP contribution in [-0.2, 0) is 13.0 Å². The van der Waals surface area contributed by atoms with Crippen molar-refractivity contribution in [3.8, 4) is 23.1 Å². The SMILES string of the molecule is COc1cccc(-c2cc(N3CCCc4ccc(C)cc4C3)nc(C#N)n2)c1. The molecule has 2 heterocycles. The van der Waals surface area contributed by atoms with E-state index in [1.807, 2.05) is 30.3 Å². The molecule has 5 heteroatoms. The van der Waals surface area contributed by atoms with E-state index in [0.29, 0.717) is 0 Å². The average molecular weight is 370 g/mol. The molecule has 0 amide bonds. The quantitative estimate of drug-likeness (QED) is 0.688. The Morgan fingerprint density at radius 1 is 1.07 bits per heavy atom. The number of methoxy groups -OCH3 is 1. The van der Waals surface area contributed by atoms with Crippen molar-refractivity contribution in [2.45, 2.75) is 26.3 Å². The summed E-state index contributed by atoms with van der Waals surface area (Å²) in [6.07, 6.45) is 2.11. The zero-order chi connectivity index (χ0) is 19.5. The molecular formula is C23H22N4O. The van der Waals surface area contributed by atoms with Gasteiger partial charge in [0.15, 0.2) is 0 Å². The molecule has 0 bridgehead atoms. The average Bonchev–Trinajstić information content (AvgIpc) is 2.95. The molecule has 3 aromatic rings. The van der Waals surface area contributed by atoms with Crippen molar-refractivity contribution < 1.29 is 4.74 Å². The van der Waals surface area contributed by atoms with Crippen molar-refractivity contribution in [1.82, 2.24) is 9.97 Å². The normalized spacial score (nSPS) is 13.4. The number of nitrogens with zero attached hydrogens (tertiary/aromatic N) is 4. The summed E-state index contributed by atoms with van der Waals surface area (Å²) >= 11 is 0. The molecule has 1 aromatic heterocycles. The fraction of sp³-hybridized carbons (Fsp3) is 0.261. The number of aryl methyl sites for hydroxylation is 2. The van der Waals surface area contributed by atoms with Crippen molar-refractivity contribution in [3.05, 3.63) is 71.0 Å². The van der Waals surface area contributed by atoms with Gasteiger partial charge in [-0.15, -0.1) is 0 Å². The smallest absolute Gasteiger partial charge is 0.234 e. The first-order valence-electron chi connectivity index (χ1n) is 9.43. The largest absolute Gasteiger partial charge is 0.497 e. The molecule has 0 radical (unpaired) electrons. The van der Waals surface area contributed by atoms with E-state index in [2.05, 4.69) is 46.1 Å². The highest BCUT2D eigenvalue weighted by Gasteiger charge is 2.18. The van der Waals surface area contributed by atoms with Crippen LogP contribution in [0.3, 0.4) is 0 Å². The Bertz CT molecular complexity index is 1050. The van der Waals surface area contributed by atoms with Gasteiger partial charge >= 0.3 is 0 Å². The van der Waals surface area contributed by atoms with E-state index in [4.69, 9.17) is 4.74 Å². The third kappa shape index (κ3) is 3.67. The van der Waals surface area contributed by atoms with Crippen LogP contribution in [0.4, 0.5) is 5.82 Å². The van der Waals surface area contributed by atoms with Gasteiger partial charge in [-0.1, -0.05) is 35.9 Å². The lowest BCUT2D eigenvalue weighted by atomic mass is 10.0. The van der Waals surface area contributed by atoms with E-state index in [0.717, 1.165) is 48.8 Å². The van der Waals surface area contributed by atoms with Gasteiger partial charge in [-0.3, -0.25) is 0 Å². The minimum Gasteiger partial charge on any atom is -0.497 e. The molecule has 1 aliphatic rings. The third-order valence-corrected chi connectivity index (χ3v) is 5.10. The van der Waals surface area contributed by atoms with Gasteiger partial charge in [0.2, 0.25) is 5.82 Å². The number of anilines is 1. The summed E-state index contributed by atoms with van der Waals surface area (Å²) in [5.41, 5.74) is 5.63. The van der Waals surface area contributed by atoms with Gasteiger partial charge < -0.3 is 9.64 Å². The number of rotatable bonds is 3. The molecule has 0 saturated heterocycles. The predicted octanol–water partition coefficient (Wildman–Crippen LogP) is 4.29. The number of hydrogen-bond acceptors (Lipinski definition) is 5. The van der Waals surface area contributed by atoms with E-state index in [9.17, 15) is 5.26 Å². The first-order chi connectivity index (χ1) is 13.7. The van der Waals surface area contributed by atoms with E-state index in [1.165, 1.54) is 16.7 Å². The van der Waals surface area contributed by atoms with Crippen molar-refractivity contribution in [1.29, 1.82) is 5.26 Å². The number of hydrogen-bond donors (Lipinski definition) is 0. The van der Waals surface area contributed by atoms with Crippen molar-refractivity contribution in [3.63, 3.8) is 0 Å². The summed E-state index contributed by atoms with van der Waals surface area (Å²) in [6.45, 7) is 3.80. The molecule has 0 unspecified atom stereocenters. The Balaban J connectivity index is 1.74. The molecule has 140 valence electrons. The Kier molecular flexibility index (Phi) is 4.94. The highest BCUT2D eigenvalue weighted by Crippen LogP contribution is 2.28. The van der Waals surface area contributed by atoms with Crippen LogP contribution < -0.4 is 9.64 Å². The number of fused-ring (bicyclic) bond motifs is 1. The number of ether oxygens (including phenoxy) is 1. The number of benzene rings is 2. The highest BCUT2D eigenvalue weighted by molar-refractivity contribution is 5.65. The van der Waals surface area contributed by atoms with Crippen LogP contribution in [0.15, 0.2) is 48.5 Å². The van der Waals surface area contributed by atoms with Gasteiger partial charge in [-0.2, -0.15) is 5.26 Å². The van der Waals surface area contributed by atoms with Gasteiger partial charge in [0, 0.05) is 24.7 Å². The second kappa shape index (κ2) is 7.69. The minimum atomic E-state index is 0.184. The summed E-state index contributed by atoms with van der Waals surface area (Å²) < 4.78 is 5.33. The molecule has 5 nitrogen and oxygen atoms in total. The van der Waals surface area contributed by atoms with Gasteiger partial charge in [0.05, 0.1) is 12.8 Å². The summed E-state index contributed by atoms with van der Waals surface area (Å²) in [5, 5.41) is 9.46. The summed E-state index contributed by atoms with van der Waals surface area (Å²) in [7, 11) is 1.64. The van der Waals surface area contributed by atoms with Crippen LogP contribution in [0.2, 0.25) is 0 Å². The first kappa shape index (κ1) is 18.0. The van der Waals surface area contributed by atoms with Crippen molar-refractivity contribution in [2.24, 2.45) is 0 Å². The number of nitriles is 1. The molecule has 1 aliphatic heterocycles. The molecule has 0 fully saturated rings. The fourth-order valence-corrected chi connectivity index (χ4v) is 3.66. The maximum Gasteiger partial charge on any atom is 0.234 e. The predicted molar refractivity (Wildman–Crippen MR) is 109 cm³/mol. The van der Waals surface area contributed by atoms with Crippen LogP contribution in [0.1, 0.15) is 28.9 Å². The highest BCUT2D eigenvalue weighted by atomic mass is 16.5. The van der Waals surface area contributed by atoms with Crippen LogP contribution in [0.5, 0.6) is 5.75 Å². The Morgan fingerprint density at radius 3 is 2.79 bits per heavy atom. The maximum absolute atomic E-state index is 9.46. The minimum absolute atomic E-state index is 0.184. The topological polar surface area (TPSA) is 62.0 Å². The molecular weight excluding hydrogens is 348 g/mol. The number of aromatic nitrogens is 2. The lowest BCUT2D eigenvalue weighted by Gasteiger charge is -2.23. The third-order valence-electron chi connectivity index (χ3n) is 5.10. The van der Waals surface area contributed by atoms with Crippen LogP contribution >= 0.6 is 0 Å². The first-order valence-corrected chi connectivity index (χ1v) is 9.43. The zero-order valence-corrected chi connectivity index (χ0v) is 16.1. The summed E-state index contributed by atoms with van der Waals surface area (Å²) in [4.78, 5) is 11.2. The van der Waals surface area contributed by atoms with E-state index < -0.39 is 0 Å². The van der Waals surface area contributed by atoms with Gasteiger partial charge in [0.25, 0.3) is 0 Å². The van der Waals surface area contributed by atoms with Gasteiger partial charge in [-0.25, -0.2) is 9.97 Å². The molecule has 0 aliphatic carbocycles. The second-order valence-corrected chi connectivity index (χ2v) is 7.08. The van der Waals surface area contributed by atoms with Crippen molar-refractivity contribution >= 4 is 5.82 Å². The van der Waals surface area contributed by atoms with E-state index in [-0.39, 0.29) is 5.82 Å². The maximum atomic E-state index is 9.46. The van der Waals surface area contributed by atoms with Crippen LogP contribution in [0.25, 0.3) is 11.3 Å². The zero-order valence-electron chi connectivity index (χ0n) is 16.1. The Labute approximate surface area is 165 Å². The molecule has 2 aromatic carbocycles. The van der Waals surface area contributed by atoms with Gasteiger partial charge in [-0.05, 0) is 43.0 Å². The molecule has 0 saturated carbocycles. The molecule has 0 atom stereocenters. The molecule has 4 rings (SSSR count). The second-order valence-electron chi connectivity index (χ2n) is 7.08. The Morgan fingerprint density at radius 2 is 1.96 bits per heavy atom. The molecule has 28 heavy (non-hydrogen) atoms. The summed E-state index contributed by atoms with van der Waals surface area (Å²) in [5.74, 6) is 1.73.